The Labute approximate surface area is 143 Å². The summed E-state index contributed by atoms with van der Waals surface area (Å²) in [6, 6.07) is 15.6. The minimum atomic E-state index is 0.156. The first-order chi connectivity index (χ1) is 11.7. The van der Waals surface area contributed by atoms with Gasteiger partial charge in [0, 0.05) is 29.0 Å². The van der Waals surface area contributed by atoms with E-state index >= 15 is 0 Å². The largest absolute Gasteiger partial charge is 0.497 e. The third-order valence-electron chi connectivity index (χ3n) is 4.49. The summed E-state index contributed by atoms with van der Waals surface area (Å²) in [5, 5.41) is 6.36. The van der Waals surface area contributed by atoms with Crippen molar-refractivity contribution < 1.29 is 9.53 Å². The highest BCUT2D eigenvalue weighted by atomic mass is 16.5. The predicted octanol–water partition coefficient (Wildman–Crippen LogP) is 4.96. The summed E-state index contributed by atoms with van der Waals surface area (Å²) in [4.78, 5) is 12.3. The van der Waals surface area contributed by atoms with Gasteiger partial charge in [-0.2, -0.15) is 0 Å². The Morgan fingerprint density at radius 2 is 1.67 bits per heavy atom. The summed E-state index contributed by atoms with van der Waals surface area (Å²) in [6.07, 6.45) is 5.63. The molecule has 0 saturated heterocycles. The van der Waals surface area contributed by atoms with Crippen molar-refractivity contribution in [3.05, 3.63) is 48.5 Å². The number of rotatable bonds is 5. The molecule has 126 valence electrons. The molecule has 4 nitrogen and oxygen atoms in total. The van der Waals surface area contributed by atoms with Gasteiger partial charge < -0.3 is 15.4 Å². The maximum Gasteiger partial charge on any atom is 0.227 e. The molecule has 2 aromatic carbocycles. The molecule has 0 unspecified atom stereocenters. The zero-order valence-electron chi connectivity index (χ0n) is 14.0. The van der Waals surface area contributed by atoms with Crippen LogP contribution in [0.4, 0.5) is 17.1 Å². The van der Waals surface area contributed by atoms with Gasteiger partial charge in [0.1, 0.15) is 5.75 Å². The highest BCUT2D eigenvalue weighted by Crippen LogP contribution is 2.26. The Kier molecular flexibility index (Phi) is 5.36. The van der Waals surface area contributed by atoms with Crippen LogP contribution in [-0.4, -0.2) is 13.0 Å². The molecule has 2 N–H and O–H groups in total. The summed E-state index contributed by atoms with van der Waals surface area (Å²) in [5.41, 5.74) is 2.79. The van der Waals surface area contributed by atoms with Gasteiger partial charge in [-0.25, -0.2) is 0 Å². The third-order valence-corrected chi connectivity index (χ3v) is 4.49. The lowest BCUT2D eigenvalue weighted by molar-refractivity contribution is -0.120. The van der Waals surface area contributed by atoms with Crippen molar-refractivity contribution in [3.8, 4) is 5.75 Å². The number of methoxy groups -OCH3 is 1. The first kappa shape index (κ1) is 16.4. The van der Waals surface area contributed by atoms with E-state index in [9.17, 15) is 4.79 Å². The molecule has 0 radical (unpaired) electrons. The molecule has 0 bridgehead atoms. The van der Waals surface area contributed by atoms with Crippen LogP contribution in [0.3, 0.4) is 0 Å². The van der Waals surface area contributed by atoms with Gasteiger partial charge in [0.25, 0.3) is 0 Å². The van der Waals surface area contributed by atoms with Crippen molar-refractivity contribution >= 4 is 23.0 Å². The maximum atomic E-state index is 12.3. The van der Waals surface area contributed by atoms with E-state index in [4.69, 9.17) is 4.74 Å². The van der Waals surface area contributed by atoms with Crippen molar-refractivity contribution in [1.29, 1.82) is 0 Å². The number of carbonyl (C=O) groups excluding carboxylic acids is 1. The smallest absolute Gasteiger partial charge is 0.227 e. The molecule has 1 amide bonds. The van der Waals surface area contributed by atoms with E-state index in [0.717, 1.165) is 35.7 Å². The lowest BCUT2D eigenvalue weighted by Gasteiger charge is -2.20. The second-order valence-electron chi connectivity index (χ2n) is 6.26. The number of nitrogens with one attached hydrogen (secondary N) is 2. The summed E-state index contributed by atoms with van der Waals surface area (Å²) < 4.78 is 5.23. The van der Waals surface area contributed by atoms with E-state index in [-0.39, 0.29) is 11.8 Å². The minimum absolute atomic E-state index is 0.156. The fraction of sp³-hybridized carbons (Fsp3) is 0.350. The molecular weight excluding hydrogens is 300 g/mol. The van der Waals surface area contributed by atoms with Crippen LogP contribution < -0.4 is 15.4 Å². The van der Waals surface area contributed by atoms with E-state index in [1.807, 2.05) is 48.5 Å². The Morgan fingerprint density at radius 3 is 2.38 bits per heavy atom. The molecule has 1 aliphatic rings. The van der Waals surface area contributed by atoms with Crippen molar-refractivity contribution in [2.45, 2.75) is 32.1 Å². The van der Waals surface area contributed by atoms with Crippen molar-refractivity contribution in [1.82, 2.24) is 0 Å². The Bertz CT molecular complexity index is 676. The zero-order chi connectivity index (χ0) is 16.8. The van der Waals surface area contributed by atoms with Crippen LogP contribution in [-0.2, 0) is 4.79 Å². The highest BCUT2D eigenvalue weighted by Gasteiger charge is 2.20. The van der Waals surface area contributed by atoms with E-state index in [0.29, 0.717) is 0 Å². The molecular formula is C20H24N2O2. The number of hydrogen-bond donors (Lipinski definition) is 2. The fourth-order valence-electron chi connectivity index (χ4n) is 3.11. The molecule has 0 spiro atoms. The van der Waals surface area contributed by atoms with Gasteiger partial charge in [-0.05, 0) is 49.2 Å². The lowest BCUT2D eigenvalue weighted by atomic mass is 9.88. The molecule has 0 aromatic heterocycles. The summed E-state index contributed by atoms with van der Waals surface area (Å²) in [6.45, 7) is 0. The molecule has 0 heterocycles. The SMILES string of the molecule is COc1cccc(Nc2ccc(NC(=O)C3CCCCC3)cc2)c1. The maximum absolute atomic E-state index is 12.3. The van der Waals surface area contributed by atoms with Gasteiger partial charge in [-0.1, -0.05) is 25.3 Å². The van der Waals surface area contributed by atoms with E-state index in [1.54, 1.807) is 7.11 Å². The first-order valence-corrected chi connectivity index (χ1v) is 8.56. The van der Waals surface area contributed by atoms with Crippen molar-refractivity contribution in [2.24, 2.45) is 5.92 Å². The summed E-state index contributed by atoms with van der Waals surface area (Å²) >= 11 is 0. The van der Waals surface area contributed by atoms with Crippen LogP contribution in [0, 0.1) is 5.92 Å². The molecule has 1 saturated carbocycles. The van der Waals surface area contributed by atoms with Crippen LogP contribution in [0.5, 0.6) is 5.75 Å². The van der Waals surface area contributed by atoms with Gasteiger partial charge in [0.05, 0.1) is 7.11 Å². The number of carbonyl (C=O) groups is 1. The Balaban J connectivity index is 1.59. The molecule has 2 aromatic rings. The second kappa shape index (κ2) is 7.86. The molecule has 0 atom stereocenters. The van der Waals surface area contributed by atoms with E-state index < -0.39 is 0 Å². The number of ether oxygens (including phenoxy) is 1. The van der Waals surface area contributed by atoms with Crippen LogP contribution in [0.1, 0.15) is 32.1 Å². The molecule has 1 fully saturated rings. The van der Waals surface area contributed by atoms with Crippen molar-refractivity contribution in [2.75, 3.05) is 17.7 Å². The number of hydrogen-bond acceptors (Lipinski definition) is 3. The molecule has 1 aliphatic carbocycles. The van der Waals surface area contributed by atoms with Gasteiger partial charge in [-0.15, -0.1) is 0 Å². The Hall–Kier alpha value is -2.49. The molecule has 24 heavy (non-hydrogen) atoms. The average Bonchev–Trinajstić information content (AvgIpc) is 2.64. The quantitative estimate of drug-likeness (QED) is 0.817. The van der Waals surface area contributed by atoms with Crippen LogP contribution in [0.25, 0.3) is 0 Å². The van der Waals surface area contributed by atoms with Gasteiger partial charge in [0.15, 0.2) is 0 Å². The van der Waals surface area contributed by atoms with Crippen LogP contribution in [0.15, 0.2) is 48.5 Å². The number of benzene rings is 2. The normalized spacial score (nSPS) is 14.9. The standard InChI is InChI=1S/C20H24N2O2/c1-24-19-9-5-8-18(14-19)21-16-10-12-17(13-11-16)22-20(23)15-6-3-2-4-7-15/h5,8-15,21H,2-4,6-7H2,1H3,(H,22,23). The van der Waals surface area contributed by atoms with Gasteiger partial charge >= 0.3 is 0 Å². The topological polar surface area (TPSA) is 50.4 Å². The minimum Gasteiger partial charge on any atom is -0.497 e. The molecule has 0 aliphatic heterocycles. The summed E-state index contributed by atoms with van der Waals surface area (Å²) in [7, 11) is 1.66. The molecule has 4 heteroatoms. The number of amides is 1. The Morgan fingerprint density at radius 1 is 0.958 bits per heavy atom. The van der Waals surface area contributed by atoms with Crippen LogP contribution >= 0.6 is 0 Å². The highest BCUT2D eigenvalue weighted by molar-refractivity contribution is 5.92. The predicted molar refractivity (Wildman–Crippen MR) is 97.9 cm³/mol. The van der Waals surface area contributed by atoms with Gasteiger partial charge in [0.2, 0.25) is 5.91 Å². The van der Waals surface area contributed by atoms with E-state index in [2.05, 4.69) is 10.6 Å². The lowest BCUT2D eigenvalue weighted by Crippen LogP contribution is -2.24. The first-order valence-electron chi connectivity index (χ1n) is 8.56. The fourth-order valence-corrected chi connectivity index (χ4v) is 3.11. The average molecular weight is 324 g/mol. The monoisotopic (exact) mass is 324 g/mol. The van der Waals surface area contributed by atoms with Crippen LogP contribution in [0.2, 0.25) is 0 Å². The summed E-state index contributed by atoms with van der Waals surface area (Å²) in [5.74, 6) is 1.15. The molecule has 3 rings (SSSR count). The zero-order valence-corrected chi connectivity index (χ0v) is 14.0. The number of anilines is 3. The third kappa shape index (κ3) is 4.28. The second-order valence-corrected chi connectivity index (χ2v) is 6.26. The van der Waals surface area contributed by atoms with Crippen molar-refractivity contribution in [3.63, 3.8) is 0 Å². The van der Waals surface area contributed by atoms with E-state index in [1.165, 1.54) is 19.3 Å². The van der Waals surface area contributed by atoms with Gasteiger partial charge in [-0.3, -0.25) is 4.79 Å².